The van der Waals surface area contributed by atoms with Crippen molar-refractivity contribution in [3.63, 3.8) is 0 Å². The fourth-order valence-electron chi connectivity index (χ4n) is 4.60. The molecule has 2 aliphatic heterocycles. The highest BCUT2D eigenvalue weighted by molar-refractivity contribution is 7.99. The average molecular weight is 496 g/mol. The highest BCUT2D eigenvalue weighted by Gasteiger charge is 2.22. The molecule has 2 aliphatic rings. The third kappa shape index (κ3) is 6.02. The zero-order valence-corrected chi connectivity index (χ0v) is 20.5. The summed E-state index contributed by atoms with van der Waals surface area (Å²) in [7, 11) is 0. The summed E-state index contributed by atoms with van der Waals surface area (Å²) in [6.07, 6.45) is 5.84. The Labute approximate surface area is 209 Å². The Morgan fingerprint density at radius 2 is 1.80 bits per heavy atom. The van der Waals surface area contributed by atoms with Crippen LogP contribution in [0, 0.1) is 5.82 Å². The number of thioether (sulfide) groups is 1. The van der Waals surface area contributed by atoms with Gasteiger partial charge in [-0.25, -0.2) is 4.39 Å². The molecule has 1 atom stereocenters. The minimum absolute atomic E-state index is 0.0804. The predicted molar refractivity (Wildman–Crippen MR) is 136 cm³/mol. The molecule has 1 aromatic heterocycles. The smallest absolute Gasteiger partial charge is 0.234 e. The van der Waals surface area contributed by atoms with Crippen molar-refractivity contribution in [1.82, 2.24) is 14.8 Å². The van der Waals surface area contributed by atoms with Crippen LogP contribution in [0.4, 0.5) is 15.8 Å². The maximum absolute atomic E-state index is 13.4. The number of hydrogen-bond donors (Lipinski definition) is 1. The molecule has 0 aliphatic carbocycles. The lowest BCUT2D eigenvalue weighted by molar-refractivity contribution is -0.113. The third-order valence-corrected chi connectivity index (χ3v) is 7.40. The summed E-state index contributed by atoms with van der Waals surface area (Å²) in [5.74, 6) is 0.461. The first kappa shape index (κ1) is 23.8. The molecule has 0 radical (unpaired) electrons. The number of rotatable bonds is 8. The monoisotopic (exact) mass is 495 g/mol. The molecule has 7 nitrogen and oxygen atoms in total. The molecule has 2 saturated heterocycles. The first-order chi connectivity index (χ1) is 17.2. The van der Waals surface area contributed by atoms with E-state index in [-0.39, 0.29) is 23.6 Å². The van der Waals surface area contributed by atoms with Gasteiger partial charge in [0.15, 0.2) is 11.0 Å². The number of benzene rings is 2. The summed E-state index contributed by atoms with van der Waals surface area (Å²) in [5.41, 5.74) is 2.76. The Hall–Kier alpha value is -2.91. The molecule has 0 saturated carbocycles. The molecular weight excluding hydrogens is 465 g/mol. The van der Waals surface area contributed by atoms with Gasteiger partial charge in [-0.3, -0.25) is 9.36 Å². The molecule has 9 heteroatoms. The molecule has 184 valence electrons. The summed E-state index contributed by atoms with van der Waals surface area (Å²) in [5, 5.41) is 12.3. The second-order valence-corrected chi connectivity index (χ2v) is 9.93. The van der Waals surface area contributed by atoms with Crippen molar-refractivity contribution in [3.05, 3.63) is 54.3 Å². The Morgan fingerprint density at radius 1 is 1.03 bits per heavy atom. The van der Waals surface area contributed by atoms with E-state index in [0.29, 0.717) is 17.5 Å². The van der Waals surface area contributed by atoms with Crippen molar-refractivity contribution < 1.29 is 13.9 Å². The number of hydrogen-bond acceptors (Lipinski definition) is 6. The van der Waals surface area contributed by atoms with Gasteiger partial charge in [0.2, 0.25) is 5.91 Å². The molecule has 1 amide bonds. The lowest BCUT2D eigenvalue weighted by Crippen LogP contribution is -2.29. The summed E-state index contributed by atoms with van der Waals surface area (Å²) >= 11 is 1.34. The van der Waals surface area contributed by atoms with Gasteiger partial charge in [0.05, 0.1) is 18.4 Å². The van der Waals surface area contributed by atoms with Crippen LogP contribution in [0.25, 0.3) is 11.4 Å². The van der Waals surface area contributed by atoms with Gasteiger partial charge in [-0.1, -0.05) is 11.8 Å². The zero-order chi connectivity index (χ0) is 24.0. The summed E-state index contributed by atoms with van der Waals surface area (Å²) < 4.78 is 21.2. The Bertz CT molecular complexity index is 1120. The van der Waals surface area contributed by atoms with Crippen LogP contribution in [0.5, 0.6) is 0 Å². The molecule has 35 heavy (non-hydrogen) atoms. The van der Waals surface area contributed by atoms with Gasteiger partial charge in [0.25, 0.3) is 0 Å². The first-order valence-corrected chi connectivity index (χ1v) is 13.2. The van der Waals surface area contributed by atoms with E-state index in [1.165, 1.54) is 48.8 Å². The number of anilines is 2. The van der Waals surface area contributed by atoms with Crippen LogP contribution in [-0.4, -0.2) is 52.2 Å². The summed E-state index contributed by atoms with van der Waals surface area (Å²) in [6.45, 7) is 3.53. The number of amides is 1. The topological polar surface area (TPSA) is 72.3 Å². The number of nitrogens with zero attached hydrogens (tertiary/aromatic N) is 4. The van der Waals surface area contributed by atoms with Crippen LogP contribution in [0.15, 0.2) is 53.7 Å². The van der Waals surface area contributed by atoms with Crippen molar-refractivity contribution in [2.24, 2.45) is 0 Å². The van der Waals surface area contributed by atoms with E-state index in [4.69, 9.17) is 4.74 Å². The van der Waals surface area contributed by atoms with E-state index in [9.17, 15) is 9.18 Å². The number of aromatic nitrogens is 3. The summed E-state index contributed by atoms with van der Waals surface area (Å²) in [6, 6.07) is 14.3. The van der Waals surface area contributed by atoms with Crippen LogP contribution in [0.2, 0.25) is 0 Å². The minimum atomic E-state index is -0.297. The van der Waals surface area contributed by atoms with E-state index >= 15 is 0 Å². The van der Waals surface area contributed by atoms with Crippen molar-refractivity contribution >= 4 is 29.0 Å². The van der Waals surface area contributed by atoms with Crippen molar-refractivity contribution in [2.75, 3.05) is 35.7 Å². The van der Waals surface area contributed by atoms with Crippen molar-refractivity contribution in [3.8, 4) is 11.4 Å². The number of halogens is 1. The van der Waals surface area contributed by atoms with Crippen molar-refractivity contribution in [1.29, 1.82) is 0 Å². The van der Waals surface area contributed by atoms with E-state index in [0.717, 1.165) is 43.8 Å². The highest BCUT2D eigenvalue weighted by atomic mass is 32.2. The molecular formula is C26H30FN5O2S. The van der Waals surface area contributed by atoms with Gasteiger partial charge in [0.1, 0.15) is 5.82 Å². The molecule has 3 aromatic rings. The molecule has 1 N–H and O–H groups in total. The predicted octanol–water partition coefficient (Wildman–Crippen LogP) is 4.98. The SMILES string of the molecule is O=C(CSc1nnc(-c2ccc(F)cc2)n1C[C@H]1CCCO1)Nc1ccc(N2CCCCC2)cc1. The van der Waals surface area contributed by atoms with E-state index in [1.54, 1.807) is 12.1 Å². The molecule has 0 bridgehead atoms. The minimum Gasteiger partial charge on any atom is -0.376 e. The second kappa shape index (κ2) is 11.2. The molecule has 2 fully saturated rings. The number of nitrogens with one attached hydrogen (secondary N) is 1. The van der Waals surface area contributed by atoms with Gasteiger partial charge >= 0.3 is 0 Å². The number of carbonyl (C=O) groups excluding carboxylic acids is 1. The highest BCUT2D eigenvalue weighted by Crippen LogP contribution is 2.27. The molecule has 0 unspecified atom stereocenters. The fourth-order valence-corrected chi connectivity index (χ4v) is 5.35. The molecule has 3 heterocycles. The van der Waals surface area contributed by atoms with Gasteiger partial charge in [-0.15, -0.1) is 10.2 Å². The molecule has 5 rings (SSSR count). The van der Waals surface area contributed by atoms with E-state index in [1.807, 2.05) is 16.7 Å². The first-order valence-electron chi connectivity index (χ1n) is 12.2. The van der Waals surface area contributed by atoms with Crippen LogP contribution < -0.4 is 10.2 Å². The molecule has 0 spiro atoms. The molecule has 2 aromatic carbocycles. The quantitative estimate of drug-likeness (QED) is 0.444. The Morgan fingerprint density at radius 3 is 2.51 bits per heavy atom. The maximum atomic E-state index is 13.4. The number of carbonyl (C=O) groups is 1. The van der Waals surface area contributed by atoms with Crippen molar-refractivity contribution in [2.45, 2.75) is 49.9 Å². The average Bonchev–Trinajstić information content (AvgIpc) is 3.55. The van der Waals surface area contributed by atoms with Gasteiger partial charge in [-0.05, 0) is 80.6 Å². The van der Waals surface area contributed by atoms with Crippen LogP contribution in [0.3, 0.4) is 0 Å². The second-order valence-electron chi connectivity index (χ2n) is 8.99. The van der Waals surface area contributed by atoms with Gasteiger partial charge in [0, 0.05) is 36.6 Å². The zero-order valence-electron chi connectivity index (χ0n) is 19.7. The Balaban J connectivity index is 1.23. The third-order valence-electron chi connectivity index (χ3n) is 6.43. The van der Waals surface area contributed by atoms with Gasteiger partial charge in [-0.2, -0.15) is 0 Å². The Kier molecular flexibility index (Phi) is 7.63. The number of ether oxygens (including phenoxy) is 1. The largest absolute Gasteiger partial charge is 0.376 e. The van der Waals surface area contributed by atoms with Crippen LogP contribution in [-0.2, 0) is 16.1 Å². The van der Waals surface area contributed by atoms with E-state index < -0.39 is 0 Å². The normalized spacial score (nSPS) is 18.1. The lowest BCUT2D eigenvalue weighted by Gasteiger charge is -2.28. The fraction of sp³-hybridized carbons (Fsp3) is 0.423. The maximum Gasteiger partial charge on any atom is 0.234 e. The van der Waals surface area contributed by atoms with Crippen LogP contribution >= 0.6 is 11.8 Å². The number of piperidine rings is 1. The van der Waals surface area contributed by atoms with E-state index in [2.05, 4.69) is 32.5 Å². The van der Waals surface area contributed by atoms with Crippen LogP contribution in [0.1, 0.15) is 32.1 Å². The van der Waals surface area contributed by atoms with Gasteiger partial charge < -0.3 is 15.0 Å². The standard InChI is InChI=1S/C26H30FN5O2S/c27-20-8-6-19(7-9-20)25-29-30-26(32(25)17-23-5-4-16-34-23)35-18-24(33)28-21-10-12-22(13-11-21)31-14-2-1-3-15-31/h6-13,23H,1-5,14-18H2,(H,28,33)/t23-/m1/s1. The lowest BCUT2D eigenvalue weighted by atomic mass is 10.1. The summed E-state index contributed by atoms with van der Waals surface area (Å²) in [4.78, 5) is 15.1.